The van der Waals surface area contributed by atoms with E-state index >= 15 is 0 Å². The lowest BCUT2D eigenvalue weighted by molar-refractivity contribution is 0.801. The minimum atomic E-state index is 0.717. The molecule has 0 fully saturated rings. The molecule has 84 valence electrons. The summed E-state index contributed by atoms with van der Waals surface area (Å²) in [5.41, 5.74) is 8.35. The Balaban J connectivity index is 2.14. The molecule has 0 aliphatic heterocycles. The highest BCUT2D eigenvalue weighted by Gasteiger charge is 2.10. The lowest BCUT2D eigenvalue weighted by Crippen LogP contribution is -1.98. The van der Waals surface area contributed by atoms with Gasteiger partial charge in [0.05, 0.1) is 11.9 Å². The topological polar surface area (TPSA) is 69.6 Å². The Hall–Kier alpha value is -2.21. The minimum Gasteiger partial charge on any atom is -0.399 e. The summed E-state index contributed by atoms with van der Waals surface area (Å²) in [6, 6.07) is 7.62. The maximum absolute atomic E-state index is 5.77. The Labute approximate surface area is 102 Å². The summed E-state index contributed by atoms with van der Waals surface area (Å²) in [7, 11) is 0. The predicted octanol–water partition coefficient (Wildman–Crippen LogP) is 1.97. The number of thiazole rings is 1. The van der Waals surface area contributed by atoms with E-state index in [2.05, 4.69) is 15.3 Å². The number of nitrogens with two attached hydrogens (primary N) is 1. The smallest absolute Gasteiger partial charge is 0.212 e. The molecule has 2 N–H and O–H groups in total. The molecule has 17 heavy (non-hydrogen) atoms. The molecular weight excluding hydrogens is 234 g/mol. The predicted molar refractivity (Wildman–Crippen MR) is 66.9 cm³/mol. The first kappa shape index (κ1) is 9.98. The number of hydrogen-bond acceptors (Lipinski definition) is 5. The highest BCUT2D eigenvalue weighted by Crippen LogP contribution is 2.23. The van der Waals surface area contributed by atoms with Crippen molar-refractivity contribution in [2.24, 2.45) is 0 Å². The van der Waals surface area contributed by atoms with Gasteiger partial charge in [0, 0.05) is 22.8 Å². The molecule has 0 amide bonds. The Morgan fingerprint density at radius 3 is 3.00 bits per heavy atom. The van der Waals surface area contributed by atoms with Crippen LogP contribution in [0.2, 0.25) is 0 Å². The van der Waals surface area contributed by atoms with Gasteiger partial charge in [-0.15, -0.1) is 16.4 Å². The summed E-state index contributed by atoms with van der Waals surface area (Å²) in [6.45, 7) is 0. The van der Waals surface area contributed by atoms with Crippen molar-refractivity contribution in [3.05, 3.63) is 42.0 Å². The summed E-state index contributed by atoms with van der Waals surface area (Å²) < 4.78 is 1.71. The van der Waals surface area contributed by atoms with Crippen molar-refractivity contribution in [3.63, 3.8) is 0 Å². The normalized spacial score (nSPS) is 10.6. The van der Waals surface area contributed by atoms with Crippen LogP contribution in [0.3, 0.4) is 0 Å². The van der Waals surface area contributed by atoms with E-state index in [1.807, 2.05) is 29.6 Å². The summed E-state index contributed by atoms with van der Waals surface area (Å²) in [5.74, 6) is 0. The maximum atomic E-state index is 5.77. The summed E-state index contributed by atoms with van der Waals surface area (Å²) in [5, 5.41) is 10.7. The quantitative estimate of drug-likeness (QED) is 0.699. The Morgan fingerprint density at radius 1 is 1.29 bits per heavy atom. The Kier molecular flexibility index (Phi) is 2.34. The zero-order valence-corrected chi connectivity index (χ0v) is 9.63. The molecule has 0 atom stereocenters. The van der Waals surface area contributed by atoms with E-state index in [4.69, 9.17) is 5.73 Å². The molecule has 3 aromatic rings. The third kappa shape index (κ3) is 1.78. The average Bonchev–Trinajstić information content (AvgIpc) is 3.00. The third-order valence-corrected chi connectivity index (χ3v) is 3.08. The summed E-state index contributed by atoms with van der Waals surface area (Å²) in [6.07, 6.45) is 3.45. The van der Waals surface area contributed by atoms with E-state index in [1.165, 1.54) is 11.3 Å². The van der Waals surface area contributed by atoms with Gasteiger partial charge in [-0.25, -0.2) is 4.98 Å². The van der Waals surface area contributed by atoms with Crippen molar-refractivity contribution in [1.29, 1.82) is 0 Å². The number of nitrogens with zero attached hydrogens (tertiary/aromatic N) is 4. The van der Waals surface area contributed by atoms with Gasteiger partial charge in [-0.2, -0.15) is 4.68 Å². The van der Waals surface area contributed by atoms with E-state index in [0.29, 0.717) is 0 Å². The zero-order valence-electron chi connectivity index (χ0n) is 8.82. The number of aromatic nitrogens is 4. The molecule has 0 radical (unpaired) electrons. The SMILES string of the molecule is Nc1cccc(-c2cnnn2-c2nccs2)c1. The standard InChI is InChI=1S/C11H9N5S/c12-9-3-1-2-8(6-9)10-7-14-15-16(10)11-13-4-5-17-11/h1-7H,12H2. The number of nitrogen functional groups attached to an aromatic ring is 1. The van der Waals surface area contributed by atoms with Crippen molar-refractivity contribution >= 4 is 17.0 Å². The van der Waals surface area contributed by atoms with Crippen molar-refractivity contribution < 1.29 is 0 Å². The average molecular weight is 243 g/mol. The number of hydrogen-bond donors (Lipinski definition) is 1. The van der Waals surface area contributed by atoms with E-state index < -0.39 is 0 Å². The van der Waals surface area contributed by atoms with Crippen LogP contribution in [0, 0.1) is 0 Å². The molecule has 0 bridgehead atoms. The maximum Gasteiger partial charge on any atom is 0.212 e. The lowest BCUT2D eigenvalue weighted by Gasteiger charge is -2.03. The molecule has 0 unspecified atom stereocenters. The van der Waals surface area contributed by atoms with Gasteiger partial charge < -0.3 is 5.73 Å². The fourth-order valence-corrected chi connectivity index (χ4v) is 2.19. The van der Waals surface area contributed by atoms with Crippen LogP contribution in [0.1, 0.15) is 0 Å². The molecule has 0 aliphatic rings. The fourth-order valence-electron chi connectivity index (χ4n) is 1.59. The molecule has 6 heteroatoms. The van der Waals surface area contributed by atoms with Crippen LogP contribution in [-0.2, 0) is 0 Å². The first-order valence-corrected chi connectivity index (χ1v) is 5.89. The molecule has 2 heterocycles. The first-order chi connectivity index (χ1) is 8.34. The monoisotopic (exact) mass is 243 g/mol. The van der Waals surface area contributed by atoms with Gasteiger partial charge in [-0.1, -0.05) is 17.3 Å². The lowest BCUT2D eigenvalue weighted by atomic mass is 10.1. The van der Waals surface area contributed by atoms with Crippen LogP contribution in [0.25, 0.3) is 16.4 Å². The minimum absolute atomic E-state index is 0.717. The van der Waals surface area contributed by atoms with E-state index in [1.54, 1.807) is 17.1 Å². The van der Waals surface area contributed by atoms with Gasteiger partial charge in [0.25, 0.3) is 0 Å². The molecule has 2 aromatic heterocycles. The van der Waals surface area contributed by atoms with Crippen LogP contribution in [-0.4, -0.2) is 20.0 Å². The molecule has 0 saturated carbocycles. The van der Waals surface area contributed by atoms with Crippen LogP contribution in [0.5, 0.6) is 0 Å². The molecule has 0 aliphatic carbocycles. The van der Waals surface area contributed by atoms with Crippen molar-refractivity contribution in [2.45, 2.75) is 0 Å². The Bertz CT molecular complexity index is 629. The number of rotatable bonds is 2. The summed E-state index contributed by atoms with van der Waals surface area (Å²) >= 11 is 1.51. The largest absolute Gasteiger partial charge is 0.399 e. The van der Waals surface area contributed by atoms with Gasteiger partial charge in [-0.3, -0.25) is 0 Å². The molecule has 1 aromatic carbocycles. The van der Waals surface area contributed by atoms with E-state index in [0.717, 1.165) is 22.1 Å². The van der Waals surface area contributed by atoms with Gasteiger partial charge in [0.15, 0.2) is 0 Å². The van der Waals surface area contributed by atoms with Crippen LogP contribution < -0.4 is 5.73 Å². The zero-order chi connectivity index (χ0) is 11.7. The highest BCUT2D eigenvalue weighted by atomic mass is 32.1. The fraction of sp³-hybridized carbons (Fsp3) is 0. The van der Waals surface area contributed by atoms with Gasteiger partial charge in [-0.05, 0) is 12.1 Å². The molecule has 5 nitrogen and oxygen atoms in total. The molecule has 0 spiro atoms. The van der Waals surface area contributed by atoms with E-state index in [-0.39, 0.29) is 0 Å². The second kappa shape index (κ2) is 3.99. The van der Waals surface area contributed by atoms with Crippen molar-refractivity contribution in [1.82, 2.24) is 20.0 Å². The second-order valence-electron chi connectivity index (χ2n) is 3.47. The van der Waals surface area contributed by atoms with Gasteiger partial charge >= 0.3 is 0 Å². The van der Waals surface area contributed by atoms with Crippen LogP contribution >= 0.6 is 11.3 Å². The second-order valence-corrected chi connectivity index (χ2v) is 4.34. The van der Waals surface area contributed by atoms with Crippen molar-refractivity contribution in [3.8, 4) is 16.4 Å². The number of anilines is 1. The molecular formula is C11H9N5S. The van der Waals surface area contributed by atoms with Crippen LogP contribution in [0.4, 0.5) is 5.69 Å². The molecule has 0 saturated heterocycles. The Morgan fingerprint density at radius 2 is 2.24 bits per heavy atom. The van der Waals surface area contributed by atoms with Crippen LogP contribution in [0.15, 0.2) is 42.0 Å². The molecule has 3 rings (SSSR count). The van der Waals surface area contributed by atoms with Gasteiger partial charge in [0.1, 0.15) is 0 Å². The van der Waals surface area contributed by atoms with Gasteiger partial charge in [0.2, 0.25) is 5.13 Å². The third-order valence-electron chi connectivity index (χ3n) is 2.33. The van der Waals surface area contributed by atoms with Crippen molar-refractivity contribution in [2.75, 3.05) is 5.73 Å². The highest BCUT2D eigenvalue weighted by molar-refractivity contribution is 7.12. The number of benzene rings is 1. The summed E-state index contributed by atoms with van der Waals surface area (Å²) in [4.78, 5) is 4.22. The van der Waals surface area contributed by atoms with E-state index in [9.17, 15) is 0 Å². The first-order valence-electron chi connectivity index (χ1n) is 5.01.